The normalized spacial score (nSPS) is 14.2. The minimum absolute atomic E-state index is 0.0548. The molecule has 1 amide bonds. The molecule has 1 saturated heterocycles. The van der Waals surface area contributed by atoms with Gasteiger partial charge in [-0.1, -0.05) is 30.7 Å². The zero-order valence-corrected chi connectivity index (χ0v) is 19.2. The van der Waals surface area contributed by atoms with Gasteiger partial charge < -0.3 is 10.2 Å². The van der Waals surface area contributed by atoms with Crippen molar-refractivity contribution in [2.75, 3.05) is 23.3 Å². The molecule has 1 N–H and O–H groups in total. The molecule has 0 spiro atoms. The van der Waals surface area contributed by atoms with Crippen molar-refractivity contribution in [2.24, 2.45) is 5.92 Å². The van der Waals surface area contributed by atoms with E-state index in [9.17, 15) is 14.0 Å². The maximum Gasteiger partial charge on any atom is 0.257 e. The van der Waals surface area contributed by atoms with Crippen LogP contribution in [0.15, 0.2) is 66.7 Å². The molecular formula is C27H26ClFN2O2. The number of aryl methyl sites for hydroxylation is 1. The smallest absolute Gasteiger partial charge is 0.257 e. The van der Waals surface area contributed by atoms with Gasteiger partial charge in [-0.2, -0.15) is 0 Å². The molecule has 6 heteroatoms. The number of amides is 1. The van der Waals surface area contributed by atoms with Crippen LogP contribution < -0.4 is 10.2 Å². The molecule has 4 rings (SSSR count). The van der Waals surface area contributed by atoms with E-state index in [0.717, 1.165) is 17.7 Å². The summed E-state index contributed by atoms with van der Waals surface area (Å²) in [6.45, 7) is 3.43. The molecule has 1 aliphatic heterocycles. The Morgan fingerprint density at radius 2 is 1.67 bits per heavy atom. The van der Waals surface area contributed by atoms with E-state index in [1.807, 2.05) is 18.2 Å². The minimum atomic E-state index is -0.345. The quantitative estimate of drug-likeness (QED) is 0.430. The van der Waals surface area contributed by atoms with Crippen LogP contribution in [0.2, 0.25) is 5.02 Å². The highest BCUT2D eigenvalue weighted by molar-refractivity contribution is 6.30. The van der Waals surface area contributed by atoms with Crippen LogP contribution in [0, 0.1) is 11.7 Å². The SMILES string of the molecule is CCc1cccc(C(=O)Nc2ccc(Cl)cc2)c1N1CCC(C(=O)c2ccc(F)cc2)CC1. The van der Waals surface area contributed by atoms with Crippen LogP contribution in [0.4, 0.5) is 15.8 Å². The van der Waals surface area contributed by atoms with E-state index in [2.05, 4.69) is 17.1 Å². The maximum absolute atomic E-state index is 13.2. The topological polar surface area (TPSA) is 49.4 Å². The highest BCUT2D eigenvalue weighted by atomic mass is 35.5. The zero-order chi connectivity index (χ0) is 23.4. The predicted molar refractivity (Wildman–Crippen MR) is 131 cm³/mol. The Labute approximate surface area is 198 Å². The van der Waals surface area contributed by atoms with E-state index >= 15 is 0 Å². The summed E-state index contributed by atoms with van der Waals surface area (Å²) < 4.78 is 13.2. The number of hydrogen-bond acceptors (Lipinski definition) is 3. The molecule has 1 aliphatic rings. The number of rotatable bonds is 6. The van der Waals surface area contributed by atoms with E-state index in [1.54, 1.807) is 36.4 Å². The lowest BCUT2D eigenvalue weighted by molar-refractivity contribution is 0.0899. The van der Waals surface area contributed by atoms with Crippen molar-refractivity contribution in [3.63, 3.8) is 0 Å². The van der Waals surface area contributed by atoms with Crippen molar-refractivity contribution in [1.29, 1.82) is 0 Å². The first kappa shape index (κ1) is 23.0. The Morgan fingerprint density at radius 1 is 1.00 bits per heavy atom. The summed E-state index contributed by atoms with van der Waals surface area (Å²) in [5, 5.41) is 3.57. The highest BCUT2D eigenvalue weighted by Gasteiger charge is 2.28. The molecule has 0 aromatic heterocycles. The predicted octanol–water partition coefficient (Wildman–Crippen LogP) is 6.39. The van der Waals surface area contributed by atoms with Gasteiger partial charge in [0, 0.05) is 35.3 Å². The first-order valence-corrected chi connectivity index (χ1v) is 11.6. The molecule has 0 radical (unpaired) electrons. The number of Topliss-reactive ketones (excluding diaryl/α,β-unsaturated/α-hetero) is 1. The molecule has 0 saturated carbocycles. The molecule has 1 fully saturated rings. The number of carbonyl (C=O) groups excluding carboxylic acids is 2. The summed E-state index contributed by atoms with van der Waals surface area (Å²) in [4.78, 5) is 28.2. The van der Waals surface area contributed by atoms with Crippen molar-refractivity contribution in [3.05, 3.63) is 94.3 Å². The largest absolute Gasteiger partial charge is 0.371 e. The molecule has 3 aromatic carbocycles. The van der Waals surface area contributed by atoms with Crippen molar-refractivity contribution in [1.82, 2.24) is 0 Å². The molecule has 0 atom stereocenters. The highest BCUT2D eigenvalue weighted by Crippen LogP contribution is 2.32. The molecule has 3 aromatic rings. The summed E-state index contributed by atoms with van der Waals surface area (Å²) in [6.07, 6.45) is 2.17. The number of ketones is 1. The van der Waals surface area contributed by atoms with Gasteiger partial charge in [-0.25, -0.2) is 4.39 Å². The number of nitrogens with one attached hydrogen (secondary N) is 1. The number of piperidine rings is 1. The van der Waals surface area contributed by atoms with Crippen molar-refractivity contribution < 1.29 is 14.0 Å². The first-order chi connectivity index (χ1) is 16.0. The number of benzene rings is 3. The van der Waals surface area contributed by atoms with E-state index in [1.165, 1.54) is 12.1 Å². The van der Waals surface area contributed by atoms with Crippen LogP contribution >= 0.6 is 11.6 Å². The van der Waals surface area contributed by atoms with Gasteiger partial charge >= 0.3 is 0 Å². The Hall–Kier alpha value is -3.18. The van der Waals surface area contributed by atoms with Gasteiger partial charge in [0.2, 0.25) is 0 Å². The van der Waals surface area contributed by atoms with Gasteiger partial charge in [0.25, 0.3) is 5.91 Å². The zero-order valence-electron chi connectivity index (χ0n) is 18.5. The van der Waals surface area contributed by atoms with Gasteiger partial charge in [0.05, 0.1) is 11.3 Å². The fourth-order valence-electron chi connectivity index (χ4n) is 4.38. The monoisotopic (exact) mass is 464 g/mol. The number of para-hydroxylation sites is 1. The second-order valence-electron chi connectivity index (χ2n) is 8.26. The summed E-state index contributed by atoms with van der Waals surface area (Å²) >= 11 is 5.95. The van der Waals surface area contributed by atoms with Crippen molar-refractivity contribution >= 4 is 34.7 Å². The van der Waals surface area contributed by atoms with Crippen LogP contribution in [0.5, 0.6) is 0 Å². The number of anilines is 2. The number of hydrogen-bond donors (Lipinski definition) is 1. The van der Waals surface area contributed by atoms with E-state index in [0.29, 0.717) is 47.8 Å². The maximum atomic E-state index is 13.2. The Morgan fingerprint density at radius 3 is 2.30 bits per heavy atom. The minimum Gasteiger partial charge on any atom is -0.371 e. The van der Waals surface area contributed by atoms with Crippen LogP contribution in [-0.2, 0) is 6.42 Å². The van der Waals surface area contributed by atoms with Crippen molar-refractivity contribution in [2.45, 2.75) is 26.2 Å². The molecule has 0 aliphatic carbocycles. The molecule has 4 nitrogen and oxygen atoms in total. The van der Waals surface area contributed by atoms with E-state index < -0.39 is 0 Å². The van der Waals surface area contributed by atoms with Crippen LogP contribution in [0.3, 0.4) is 0 Å². The number of halogens is 2. The molecule has 33 heavy (non-hydrogen) atoms. The number of nitrogens with zero attached hydrogens (tertiary/aromatic N) is 1. The third-order valence-corrected chi connectivity index (χ3v) is 6.41. The molecule has 1 heterocycles. The van der Waals surface area contributed by atoms with E-state index in [4.69, 9.17) is 11.6 Å². The molecule has 170 valence electrons. The average Bonchev–Trinajstić information content (AvgIpc) is 2.85. The summed E-state index contributed by atoms with van der Waals surface area (Å²) in [5.41, 5.74) is 3.88. The summed E-state index contributed by atoms with van der Waals surface area (Å²) in [5.74, 6) is -0.569. The summed E-state index contributed by atoms with van der Waals surface area (Å²) in [7, 11) is 0. The second kappa shape index (κ2) is 10.2. The van der Waals surface area contributed by atoms with Gasteiger partial charge in [0.15, 0.2) is 5.78 Å². The molecule has 0 bridgehead atoms. The second-order valence-corrected chi connectivity index (χ2v) is 8.70. The van der Waals surface area contributed by atoms with Crippen LogP contribution in [-0.4, -0.2) is 24.8 Å². The molecular weight excluding hydrogens is 439 g/mol. The third kappa shape index (κ3) is 5.25. The lowest BCUT2D eigenvalue weighted by Gasteiger charge is -2.35. The van der Waals surface area contributed by atoms with Gasteiger partial charge in [-0.15, -0.1) is 0 Å². The standard InChI is InChI=1S/C27H26ClFN2O2/c1-2-18-4-3-5-24(27(33)30-23-12-8-21(28)9-13-23)25(18)31-16-14-20(15-17-31)26(32)19-6-10-22(29)11-7-19/h3-13,20H,2,14-17H2,1H3,(H,30,33). The van der Waals surface area contributed by atoms with Crippen LogP contribution in [0.25, 0.3) is 0 Å². The fourth-order valence-corrected chi connectivity index (χ4v) is 4.51. The Kier molecular flexibility index (Phi) is 7.09. The van der Waals surface area contributed by atoms with Crippen LogP contribution in [0.1, 0.15) is 46.0 Å². The molecule has 0 unspecified atom stereocenters. The Balaban J connectivity index is 1.51. The third-order valence-electron chi connectivity index (χ3n) is 6.16. The number of carbonyl (C=O) groups is 2. The summed E-state index contributed by atoms with van der Waals surface area (Å²) in [6, 6.07) is 18.6. The average molecular weight is 465 g/mol. The lowest BCUT2D eigenvalue weighted by atomic mass is 9.88. The fraction of sp³-hybridized carbons (Fsp3) is 0.259. The van der Waals surface area contributed by atoms with Gasteiger partial charge in [-0.3, -0.25) is 9.59 Å². The van der Waals surface area contributed by atoms with Gasteiger partial charge in [0.1, 0.15) is 5.82 Å². The Bertz CT molecular complexity index is 1140. The van der Waals surface area contributed by atoms with Crippen molar-refractivity contribution in [3.8, 4) is 0 Å². The van der Waals surface area contributed by atoms with E-state index in [-0.39, 0.29) is 23.4 Å². The van der Waals surface area contributed by atoms with Gasteiger partial charge in [-0.05, 0) is 79.4 Å². The lowest BCUT2D eigenvalue weighted by Crippen LogP contribution is -2.38. The first-order valence-electron chi connectivity index (χ1n) is 11.2.